The second-order valence-electron chi connectivity index (χ2n) is 3.71. The quantitative estimate of drug-likeness (QED) is 0.694. The summed E-state index contributed by atoms with van der Waals surface area (Å²) in [5, 5.41) is 9.22. The number of benzene rings is 1. The Balaban J connectivity index is 2.74. The number of aromatic amines is 1. The fourth-order valence-electron chi connectivity index (χ4n) is 1.86. The molecule has 2 aromatic rings. The van der Waals surface area contributed by atoms with Crippen molar-refractivity contribution in [1.82, 2.24) is 4.98 Å². The van der Waals surface area contributed by atoms with Gasteiger partial charge in [-0.1, -0.05) is 12.1 Å². The predicted molar refractivity (Wildman–Crippen MR) is 54.8 cm³/mol. The second kappa shape index (κ2) is 3.42. The lowest BCUT2D eigenvalue weighted by atomic mass is 10.3. The Kier molecular flexibility index (Phi) is 2.25. The molecule has 1 aromatic carbocycles. The Morgan fingerprint density at radius 3 is 2.71 bits per heavy atom. The number of aliphatic hydroxyl groups is 1. The minimum Gasteiger partial charge on any atom is -0.384 e. The van der Waals surface area contributed by atoms with Gasteiger partial charge >= 0.3 is 0 Å². The number of H-pyrrole nitrogens is 1. The van der Waals surface area contributed by atoms with Crippen molar-refractivity contribution in [3.05, 3.63) is 30.1 Å². The van der Waals surface area contributed by atoms with Crippen LogP contribution in [0.1, 0.15) is 25.7 Å². The average molecular weight is 191 g/mol. The summed E-state index contributed by atoms with van der Waals surface area (Å²) in [4.78, 5) is 3.21. The van der Waals surface area contributed by atoms with E-state index in [1.54, 1.807) is 0 Å². The van der Waals surface area contributed by atoms with Gasteiger partial charge in [-0.2, -0.15) is 0 Å². The second-order valence-corrected chi connectivity index (χ2v) is 3.71. The molecule has 0 unspecified atom stereocenters. The normalized spacial score (nSPS) is 11.4. The van der Waals surface area contributed by atoms with Crippen LogP contribution in [0.5, 0.6) is 0 Å². The number of para-hydroxylation sites is 2. The van der Waals surface area contributed by atoms with E-state index >= 15 is 0 Å². The van der Waals surface area contributed by atoms with E-state index in [2.05, 4.69) is 29.5 Å². The zero-order valence-corrected chi connectivity index (χ0v) is 8.49. The van der Waals surface area contributed by atoms with Gasteiger partial charge < -0.3 is 5.11 Å². The lowest BCUT2D eigenvalue weighted by molar-refractivity contribution is -0.700. The minimum absolute atomic E-state index is 0.0485. The molecule has 0 aliphatic rings. The highest BCUT2D eigenvalue weighted by Crippen LogP contribution is 2.11. The van der Waals surface area contributed by atoms with Crippen LogP contribution in [0.25, 0.3) is 11.0 Å². The molecule has 2 rings (SSSR count). The fourth-order valence-corrected chi connectivity index (χ4v) is 1.86. The monoisotopic (exact) mass is 191 g/mol. The maximum Gasteiger partial charge on any atom is 0.281 e. The molecule has 3 nitrogen and oxygen atoms in total. The molecular weight excluding hydrogens is 176 g/mol. The number of aromatic nitrogens is 2. The SMILES string of the molecule is CC(C)[n+]1c(CO)[nH]c2ccccc21. The first-order chi connectivity index (χ1) is 6.74. The van der Waals surface area contributed by atoms with Crippen LogP contribution in [0, 0.1) is 0 Å². The van der Waals surface area contributed by atoms with Crippen molar-refractivity contribution in [1.29, 1.82) is 0 Å². The largest absolute Gasteiger partial charge is 0.384 e. The van der Waals surface area contributed by atoms with Gasteiger partial charge in [0.25, 0.3) is 5.82 Å². The summed E-state index contributed by atoms with van der Waals surface area (Å²) in [5.41, 5.74) is 2.22. The summed E-state index contributed by atoms with van der Waals surface area (Å²) in [6, 6.07) is 8.44. The Morgan fingerprint density at radius 2 is 2.07 bits per heavy atom. The van der Waals surface area contributed by atoms with E-state index < -0.39 is 0 Å². The predicted octanol–water partition coefficient (Wildman–Crippen LogP) is 1.53. The number of nitrogens with zero attached hydrogens (tertiary/aromatic N) is 1. The van der Waals surface area contributed by atoms with E-state index in [0.717, 1.165) is 16.9 Å². The third-order valence-electron chi connectivity index (χ3n) is 2.40. The van der Waals surface area contributed by atoms with E-state index in [0.29, 0.717) is 6.04 Å². The molecule has 0 saturated heterocycles. The third-order valence-corrected chi connectivity index (χ3v) is 2.40. The Hall–Kier alpha value is -1.35. The van der Waals surface area contributed by atoms with Crippen molar-refractivity contribution < 1.29 is 9.67 Å². The zero-order chi connectivity index (χ0) is 10.1. The van der Waals surface area contributed by atoms with Crippen molar-refractivity contribution in [2.75, 3.05) is 0 Å². The molecule has 1 heterocycles. The average Bonchev–Trinajstić information content (AvgIpc) is 2.55. The Labute approximate surface area is 83.0 Å². The van der Waals surface area contributed by atoms with Crippen LogP contribution in [-0.4, -0.2) is 10.1 Å². The molecular formula is C11H15N2O+. The van der Waals surface area contributed by atoms with Crippen molar-refractivity contribution in [3.8, 4) is 0 Å². The lowest BCUT2D eigenvalue weighted by Gasteiger charge is -2.03. The van der Waals surface area contributed by atoms with Crippen LogP contribution in [0.3, 0.4) is 0 Å². The van der Waals surface area contributed by atoms with Gasteiger partial charge in [0.2, 0.25) is 0 Å². The molecule has 0 atom stereocenters. The van der Waals surface area contributed by atoms with Crippen LogP contribution in [0.15, 0.2) is 24.3 Å². The summed E-state index contributed by atoms with van der Waals surface area (Å²) in [5.74, 6) is 0.862. The molecule has 2 N–H and O–H groups in total. The van der Waals surface area contributed by atoms with Gasteiger partial charge in [0.15, 0.2) is 11.0 Å². The highest BCUT2D eigenvalue weighted by molar-refractivity contribution is 5.71. The maximum absolute atomic E-state index is 9.22. The van der Waals surface area contributed by atoms with E-state index in [1.807, 2.05) is 18.2 Å². The summed E-state index contributed by atoms with van der Waals surface area (Å²) in [6.45, 7) is 4.27. The molecule has 0 saturated carbocycles. The highest BCUT2D eigenvalue weighted by atomic mass is 16.3. The molecule has 74 valence electrons. The summed E-state index contributed by atoms with van der Waals surface area (Å²) >= 11 is 0. The van der Waals surface area contributed by atoms with Crippen molar-refractivity contribution in [2.24, 2.45) is 0 Å². The minimum atomic E-state index is 0.0485. The van der Waals surface area contributed by atoms with Gasteiger partial charge in [0.1, 0.15) is 6.61 Å². The number of hydrogen-bond donors (Lipinski definition) is 2. The van der Waals surface area contributed by atoms with Crippen LogP contribution in [0.4, 0.5) is 0 Å². The first kappa shape index (κ1) is 9.21. The third kappa shape index (κ3) is 1.30. The van der Waals surface area contributed by atoms with Gasteiger partial charge in [-0.05, 0) is 26.0 Å². The number of aliphatic hydroxyl groups excluding tert-OH is 1. The van der Waals surface area contributed by atoms with Gasteiger partial charge in [0, 0.05) is 0 Å². The number of imidazole rings is 1. The molecule has 0 fully saturated rings. The van der Waals surface area contributed by atoms with Crippen molar-refractivity contribution >= 4 is 11.0 Å². The van der Waals surface area contributed by atoms with Crippen LogP contribution >= 0.6 is 0 Å². The van der Waals surface area contributed by atoms with Crippen molar-refractivity contribution in [2.45, 2.75) is 26.5 Å². The number of hydrogen-bond acceptors (Lipinski definition) is 1. The molecule has 0 aliphatic carbocycles. The van der Waals surface area contributed by atoms with E-state index in [-0.39, 0.29) is 6.61 Å². The molecule has 0 amide bonds. The van der Waals surface area contributed by atoms with Gasteiger partial charge in [-0.15, -0.1) is 0 Å². The number of nitrogens with one attached hydrogen (secondary N) is 1. The summed E-state index contributed by atoms with van der Waals surface area (Å²) in [6.07, 6.45) is 0. The van der Waals surface area contributed by atoms with Crippen LogP contribution in [0.2, 0.25) is 0 Å². The van der Waals surface area contributed by atoms with Gasteiger partial charge in [-0.25, -0.2) is 9.55 Å². The first-order valence-corrected chi connectivity index (χ1v) is 4.86. The Bertz CT molecular complexity index is 445. The topological polar surface area (TPSA) is 39.9 Å². The smallest absolute Gasteiger partial charge is 0.281 e. The van der Waals surface area contributed by atoms with Crippen molar-refractivity contribution in [3.63, 3.8) is 0 Å². The number of rotatable bonds is 2. The molecule has 0 bridgehead atoms. The molecule has 1 aromatic heterocycles. The summed E-state index contributed by atoms with van der Waals surface area (Å²) in [7, 11) is 0. The maximum atomic E-state index is 9.22. The summed E-state index contributed by atoms with van der Waals surface area (Å²) < 4.78 is 2.12. The van der Waals surface area contributed by atoms with Crippen LogP contribution in [-0.2, 0) is 6.61 Å². The molecule has 14 heavy (non-hydrogen) atoms. The van der Waals surface area contributed by atoms with Gasteiger partial charge in [-0.3, -0.25) is 0 Å². The highest BCUT2D eigenvalue weighted by Gasteiger charge is 2.18. The first-order valence-electron chi connectivity index (χ1n) is 4.86. The van der Waals surface area contributed by atoms with E-state index in [4.69, 9.17) is 0 Å². The standard InChI is InChI=1S/C11H14N2O/c1-8(2)13-10-6-4-3-5-9(10)12-11(13)7-14/h3-6,8,14H,7H2,1-2H3/p+1. The molecule has 0 radical (unpaired) electrons. The molecule has 0 aliphatic heterocycles. The number of fused-ring (bicyclic) bond motifs is 1. The zero-order valence-electron chi connectivity index (χ0n) is 8.49. The lowest BCUT2D eigenvalue weighted by Crippen LogP contribution is -2.39. The van der Waals surface area contributed by atoms with E-state index in [9.17, 15) is 5.11 Å². The Morgan fingerprint density at radius 1 is 1.36 bits per heavy atom. The van der Waals surface area contributed by atoms with Crippen LogP contribution < -0.4 is 4.57 Å². The van der Waals surface area contributed by atoms with Gasteiger partial charge in [0.05, 0.1) is 6.04 Å². The fraction of sp³-hybridized carbons (Fsp3) is 0.364. The molecule has 3 heteroatoms. The molecule has 0 spiro atoms. The van der Waals surface area contributed by atoms with E-state index in [1.165, 1.54) is 0 Å².